The zero-order chi connectivity index (χ0) is 24.2. The summed E-state index contributed by atoms with van der Waals surface area (Å²) in [5.74, 6) is -1.37. The molecule has 178 valence electrons. The van der Waals surface area contributed by atoms with E-state index in [0.29, 0.717) is 31.2 Å². The molecule has 0 aliphatic heterocycles. The van der Waals surface area contributed by atoms with E-state index in [-0.39, 0.29) is 23.8 Å². The van der Waals surface area contributed by atoms with Crippen LogP contribution in [-0.4, -0.2) is 29.8 Å². The third-order valence-corrected chi connectivity index (χ3v) is 8.17. The molecule has 4 aliphatic carbocycles. The van der Waals surface area contributed by atoms with Crippen LogP contribution in [0.5, 0.6) is 0 Å². The maximum atomic E-state index is 14.1. The summed E-state index contributed by atoms with van der Waals surface area (Å²) in [6.07, 6.45) is 1.87. The van der Waals surface area contributed by atoms with Crippen LogP contribution in [0.2, 0.25) is 0 Å². The number of hydrogen-bond acceptors (Lipinski definition) is 3. The SMILES string of the molecule is O=C(NC(C(=O)O)C12CC(Cc3ccccc3F)(C1)C2)OCC1c2ccccc2-c2ccccc21. The lowest BCUT2D eigenvalue weighted by Gasteiger charge is -2.72. The van der Waals surface area contributed by atoms with Crippen molar-refractivity contribution in [1.82, 2.24) is 5.32 Å². The molecule has 2 N–H and O–H groups in total. The lowest BCUT2D eigenvalue weighted by atomic mass is 9.32. The Morgan fingerprint density at radius 1 is 0.943 bits per heavy atom. The van der Waals surface area contributed by atoms with Crippen LogP contribution >= 0.6 is 0 Å². The van der Waals surface area contributed by atoms with Gasteiger partial charge in [0, 0.05) is 11.3 Å². The quantitative estimate of drug-likeness (QED) is 0.475. The van der Waals surface area contributed by atoms with Gasteiger partial charge < -0.3 is 15.2 Å². The minimum Gasteiger partial charge on any atom is -0.480 e. The highest BCUT2D eigenvalue weighted by Gasteiger charge is 2.71. The molecule has 3 aromatic rings. The van der Waals surface area contributed by atoms with Gasteiger partial charge in [0.1, 0.15) is 18.5 Å². The van der Waals surface area contributed by atoms with Crippen molar-refractivity contribution in [3.63, 3.8) is 0 Å². The number of ether oxygens (including phenoxy) is 1. The molecule has 6 heteroatoms. The van der Waals surface area contributed by atoms with Gasteiger partial charge in [0.05, 0.1) is 0 Å². The maximum Gasteiger partial charge on any atom is 0.407 e. The molecule has 0 aromatic heterocycles. The second-order valence-electron chi connectivity index (χ2n) is 10.4. The molecule has 5 nitrogen and oxygen atoms in total. The number of carboxylic acids is 1. The van der Waals surface area contributed by atoms with Gasteiger partial charge in [0.15, 0.2) is 0 Å². The Balaban J connectivity index is 1.10. The summed E-state index contributed by atoms with van der Waals surface area (Å²) in [6, 6.07) is 21.8. The fraction of sp³-hybridized carbons (Fsp3) is 0.310. The molecule has 7 rings (SSSR count). The molecule has 1 amide bonds. The highest BCUT2D eigenvalue weighted by molar-refractivity contribution is 5.82. The minimum atomic E-state index is -1.06. The van der Waals surface area contributed by atoms with Crippen molar-refractivity contribution in [2.24, 2.45) is 10.8 Å². The van der Waals surface area contributed by atoms with Crippen LogP contribution in [0.4, 0.5) is 9.18 Å². The number of halogens is 1. The fourth-order valence-corrected chi connectivity index (χ4v) is 6.86. The lowest BCUT2D eigenvalue weighted by Crippen LogP contribution is -2.72. The van der Waals surface area contributed by atoms with Gasteiger partial charge in [-0.25, -0.2) is 14.0 Å². The van der Waals surface area contributed by atoms with E-state index < -0.39 is 23.5 Å². The number of hydrogen-bond donors (Lipinski definition) is 2. The number of alkyl carbamates (subject to hydrolysis) is 1. The van der Waals surface area contributed by atoms with E-state index in [4.69, 9.17) is 4.74 Å². The van der Waals surface area contributed by atoms with Crippen LogP contribution in [0.15, 0.2) is 72.8 Å². The summed E-state index contributed by atoms with van der Waals surface area (Å²) in [4.78, 5) is 24.8. The zero-order valence-electron chi connectivity index (χ0n) is 19.2. The predicted octanol–water partition coefficient (Wildman–Crippen LogP) is 5.53. The monoisotopic (exact) mass is 471 g/mol. The summed E-state index contributed by atoms with van der Waals surface area (Å²) < 4.78 is 19.7. The van der Waals surface area contributed by atoms with Crippen LogP contribution in [0.25, 0.3) is 11.1 Å². The molecule has 2 bridgehead atoms. The van der Waals surface area contributed by atoms with Gasteiger partial charge in [-0.15, -0.1) is 0 Å². The molecule has 0 saturated heterocycles. The van der Waals surface area contributed by atoms with E-state index in [2.05, 4.69) is 17.4 Å². The first-order chi connectivity index (χ1) is 16.9. The van der Waals surface area contributed by atoms with Gasteiger partial charge in [-0.05, 0) is 65.0 Å². The fourth-order valence-electron chi connectivity index (χ4n) is 6.86. The molecule has 1 atom stereocenters. The Hall–Kier alpha value is -3.67. The van der Waals surface area contributed by atoms with E-state index in [1.165, 1.54) is 6.07 Å². The number of fused-ring (bicyclic) bond motifs is 3. The number of benzene rings is 3. The Labute approximate surface area is 202 Å². The molecular formula is C29H26FNO4. The molecule has 0 spiro atoms. The van der Waals surface area contributed by atoms with Crippen molar-refractivity contribution in [2.75, 3.05) is 6.61 Å². The minimum absolute atomic E-state index is 0.0707. The summed E-state index contributed by atoms with van der Waals surface area (Å²) in [5, 5.41) is 12.5. The van der Waals surface area contributed by atoms with Gasteiger partial charge in [0.25, 0.3) is 0 Å². The van der Waals surface area contributed by atoms with Gasteiger partial charge in [-0.3, -0.25) is 0 Å². The van der Waals surface area contributed by atoms with E-state index in [1.54, 1.807) is 12.1 Å². The Bertz CT molecular complexity index is 1270. The average Bonchev–Trinajstić information content (AvgIpc) is 3.12. The Morgan fingerprint density at radius 3 is 2.11 bits per heavy atom. The van der Waals surface area contributed by atoms with E-state index in [0.717, 1.165) is 22.3 Å². The highest BCUT2D eigenvalue weighted by atomic mass is 19.1. The third kappa shape index (κ3) is 3.51. The number of aliphatic carboxylic acids is 1. The number of carboxylic acid groups (broad SMARTS) is 1. The number of carbonyl (C=O) groups is 2. The number of carbonyl (C=O) groups excluding carboxylic acids is 1. The van der Waals surface area contributed by atoms with Crippen LogP contribution in [0.1, 0.15) is 41.9 Å². The van der Waals surface area contributed by atoms with Crippen LogP contribution in [-0.2, 0) is 16.0 Å². The normalized spacial score (nSPS) is 24.4. The smallest absolute Gasteiger partial charge is 0.407 e. The molecule has 4 aliphatic rings. The largest absolute Gasteiger partial charge is 0.480 e. The molecule has 35 heavy (non-hydrogen) atoms. The number of rotatable bonds is 7. The van der Waals surface area contributed by atoms with Crippen molar-refractivity contribution in [3.8, 4) is 11.1 Å². The van der Waals surface area contributed by atoms with Crippen molar-refractivity contribution in [2.45, 2.75) is 37.6 Å². The topological polar surface area (TPSA) is 75.6 Å². The van der Waals surface area contributed by atoms with Gasteiger partial charge in [-0.2, -0.15) is 0 Å². The summed E-state index contributed by atoms with van der Waals surface area (Å²) >= 11 is 0. The van der Waals surface area contributed by atoms with Gasteiger partial charge >= 0.3 is 12.1 Å². The molecule has 1 unspecified atom stereocenters. The second-order valence-corrected chi connectivity index (χ2v) is 10.4. The molecule has 3 saturated carbocycles. The average molecular weight is 472 g/mol. The van der Waals surface area contributed by atoms with Crippen LogP contribution in [0, 0.1) is 16.6 Å². The van der Waals surface area contributed by atoms with Crippen molar-refractivity contribution < 1.29 is 23.8 Å². The van der Waals surface area contributed by atoms with Gasteiger partial charge in [-0.1, -0.05) is 66.7 Å². The molecule has 3 aromatic carbocycles. The van der Waals surface area contributed by atoms with Crippen molar-refractivity contribution in [1.29, 1.82) is 0 Å². The maximum absolute atomic E-state index is 14.1. The van der Waals surface area contributed by atoms with Crippen molar-refractivity contribution >= 4 is 12.1 Å². The van der Waals surface area contributed by atoms with E-state index in [9.17, 15) is 19.1 Å². The Kier molecular flexibility index (Phi) is 4.95. The zero-order valence-corrected chi connectivity index (χ0v) is 19.2. The highest BCUT2D eigenvalue weighted by Crippen LogP contribution is 2.75. The van der Waals surface area contributed by atoms with E-state index >= 15 is 0 Å². The Morgan fingerprint density at radius 2 is 1.51 bits per heavy atom. The molecule has 0 radical (unpaired) electrons. The van der Waals surface area contributed by atoms with Crippen LogP contribution < -0.4 is 5.32 Å². The lowest BCUT2D eigenvalue weighted by molar-refractivity contribution is -0.223. The second kappa shape index (κ2) is 7.94. The van der Waals surface area contributed by atoms with Crippen LogP contribution in [0.3, 0.4) is 0 Å². The molecule has 0 heterocycles. The first kappa shape index (κ1) is 21.8. The number of amides is 1. The molecule has 3 fully saturated rings. The summed E-state index contributed by atoms with van der Waals surface area (Å²) in [7, 11) is 0. The summed E-state index contributed by atoms with van der Waals surface area (Å²) in [6.45, 7) is 0.135. The number of nitrogens with one attached hydrogen (secondary N) is 1. The first-order valence-electron chi connectivity index (χ1n) is 12.0. The first-order valence-corrected chi connectivity index (χ1v) is 12.0. The molecular weight excluding hydrogens is 445 g/mol. The summed E-state index contributed by atoms with van der Waals surface area (Å²) in [5.41, 5.74) is 4.58. The third-order valence-electron chi connectivity index (χ3n) is 8.17. The predicted molar refractivity (Wildman–Crippen MR) is 128 cm³/mol. The van der Waals surface area contributed by atoms with Gasteiger partial charge in [0.2, 0.25) is 0 Å². The van der Waals surface area contributed by atoms with E-state index in [1.807, 2.05) is 42.5 Å². The standard InChI is InChI=1S/C29H26FNO4/c30-24-12-6-1-7-18(24)13-28-15-29(16-28,17-28)25(26(32)33)31-27(34)35-14-23-21-10-4-2-8-19(21)20-9-3-5-11-22(20)23/h1-12,23,25H,13-17H2,(H,31,34)(H,32,33). The van der Waals surface area contributed by atoms with Crippen molar-refractivity contribution in [3.05, 3.63) is 95.3 Å².